The van der Waals surface area contributed by atoms with Gasteiger partial charge in [-0.3, -0.25) is 4.79 Å². The summed E-state index contributed by atoms with van der Waals surface area (Å²) in [5.74, 6) is 0.748. The Labute approximate surface area is 152 Å². The third kappa shape index (κ3) is 9.10. The molecule has 4 N–H and O–H groups in total. The highest BCUT2D eigenvalue weighted by molar-refractivity contribution is 5.75. The first-order chi connectivity index (χ1) is 12.2. The molecule has 25 heavy (non-hydrogen) atoms. The van der Waals surface area contributed by atoms with Crippen LogP contribution in [-0.2, 0) is 4.79 Å². The van der Waals surface area contributed by atoms with E-state index < -0.39 is 0 Å². The fourth-order valence-corrected chi connectivity index (χ4v) is 3.72. The van der Waals surface area contributed by atoms with E-state index in [1.807, 2.05) is 0 Å². The van der Waals surface area contributed by atoms with Crippen molar-refractivity contribution >= 4 is 11.9 Å². The molecular formula is C19H36N4O2. The van der Waals surface area contributed by atoms with Gasteiger partial charge in [-0.15, -0.1) is 0 Å². The number of nitrogens with one attached hydrogen (secondary N) is 4. The molecule has 1 saturated carbocycles. The van der Waals surface area contributed by atoms with Crippen LogP contribution in [0.2, 0.25) is 0 Å². The van der Waals surface area contributed by atoms with Crippen LogP contribution in [0.4, 0.5) is 4.79 Å². The summed E-state index contributed by atoms with van der Waals surface area (Å²) in [6.07, 6.45) is 11.8. The van der Waals surface area contributed by atoms with E-state index in [0.29, 0.717) is 24.9 Å². The van der Waals surface area contributed by atoms with Gasteiger partial charge >= 0.3 is 6.03 Å². The van der Waals surface area contributed by atoms with Gasteiger partial charge in [0.25, 0.3) is 0 Å². The van der Waals surface area contributed by atoms with Crippen molar-refractivity contribution in [2.24, 2.45) is 5.92 Å². The van der Waals surface area contributed by atoms with E-state index in [-0.39, 0.29) is 11.9 Å². The summed E-state index contributed by atoms with van der Waals surface area (Å²) in [4.78, 5) is 23.6. The molecule has 2 rings (SSSR count). The summed E-state index contributed by atoms with van der Waals surface area (Å²) in [5, 5.41) is 12.4. The largest absolute Gasteiger partial charge is 0.356 e. The lowest BCUT2D eigenvalue weighted by molar-refractivity contribution is -0.121. The van der Waals surface area contributed by atoms with Crippen molar-refractivity contribution in [2.45, 2.75) is 76.7 Å². The van der Waals surface area contributed by atoms with Crippen LogP contribution in [0, 0.1) is 5.92 Å². The maximum atomic E-state index is 11.8. The minimum atomic E-state index is -0.0364. The molecular weight excluding hydrogens is 316 g/mol. The molecule has 3 amide bonds. The van der Waals surface area contributed by atoms with E-state index in [2.05, 4.69) is 21.3 Å². The summed E-state index contributed by atoms with van der Waals surface area (Å²) in [7, 11) is 0. The normalized spacial score (nSPS) is 21.5. The van der Waals surface area contributed by atoms with Crippen molar-refractivity contribution in [3.63, 3.8) is 0 Å². The van der Waals surface area contributed by atoms with Crippen LogP contribution in [0.25, 0.3) is 0 Å². The molecule has 144 valence electrons. The summed E-state index contributed by atoms with van der Waals surface area (Å²) in [6, 6.07) is 0.322. The highest BCUT2D eigenvalue weighted by Crippen LogP contribution is 2.17. The number of piperidine rings is 1. The number of carbonyl (C=O) groups excluding carboxylic acids is 2. The molecule has 2 fully saturated rings. The monoisotopic (exact) mass is 352 g/mol. The highest BCUT2D eigenvalue weighted by atomic mass is 16.2. The van der Waals surface area contributed by atoms with Gasteiger partial charge in [0.2, 0.25) is 5.91 Å². The Morgan fingerprint density at radius 3 is 2.52 bits per heavy atom. The van der Waals surface area contributed by atoms with Crippen molar-refractivity contribution in [1.82, 2.24) is 21.3 Å². The second-order valence-electron chi connectivity index (χ2n) is 7.56. The molecule has 1 aliphatic heterocycles. The average molecular weight is 353 g/mol. The number of unbranched alkanes of at least 4 members (excludes halogenated alkanes) is 2. The summed E-state index contributed by atoms with van der Waals surface area (Å²) < 4.78 is 0. The van der Waals surface area contributed by atoms with E-state index >= 15 is 0 Å². The number of carbonyl (C=O) groups is 2. The summed E-state index contributed by atoms with van der Waals surface area (Å²) in [6.45, 7) is 3.62. The van der Waals surface area contributed by atoms with Gasteiger partial charge in [0, 0.05) is 25.6 Å². The zero-order valence-corrected chi connectivity index (χ0v) is 15.6. The maximum absolute atomic E-state index is 11.8. The van der Waals surface area contributed by atoms with Crippen LogP contribution < -0.4 is 21.3 Å². The van der Waals surface area contributed by atoms with Crippen molar-refractivity contribution < 1.29 is 9.59 Å². The fraction of sp³-hybridized carbons (Fsp3) is 0.895. The number of hydrogen-bond acceptors (Lipinski definition) is 3. The fourth-order valence-electron chi connectivity index (χ4n) is 3.72. The predicted octanol–water partition coefficient (Wildman–Crippen LogP) is 2.29. The molecule has 0 bridgehead atoms. The Hall–Kier alpha value is -1.30. The molecule has 1 heterocycles. The molecule has 0 aromatic rings. The van der Waals surface area contributed by atoms with Crippen molar-refractivity contribution in [2.75, 3.05) is 26.2 Å². The van der Waals surface area contributed by atoms with Gasteiger partial charge in [0.05, 0.1) is 0 Å². The van der Waals surface area contributed by atoms with E-state index in [4.69, 9.17) is 0 Å². The van der Waals surface area contributed by atoms with Gasteiger partial charge in [-0.05, 0) is 57.5 Å². The van der Waals surface area contributed by atoms with E-state index in [1.165, 1.54) is 32.1 Å². The van der Waals surface area contributed by atoms with Crippen LogP contribution in [0.5, 0.6) is 0 Å². The van der Waals surface area contributed by atoms with E-state index in [0.717, 1.165) is 51.7 Å². The molecule has 1 unspecified atom stereocenters. The van der Waals surface area contributed by atoms with Crippen molar-refractivity contribution in [3.05, 3.63) is 0 Å². The topological polar surface area (TPSA) is 82.3 Å². The molecule has 1 aliphatic carbocycles. The first-order valence-electron chi connectivity index (χ1n) is 10.3. The van der Waals surface area contributed by atoms with Gasteiger partial charge in [-0.2, -0.15) is 0 Å². The van der Waals surface area contributed by atoms with Crippen LogP contribution >= 0.6 is 0 Å². The molecule has 1 saturated heterocycles. The van der Waals surface area contributed by atoms with Crippen LogP contribution in [0.3, 0.4) is 0 Å². The number of rotatable bonds is 9. The van der Waals surface area contributed by atoms with Crippen LogP contribution in [-0.4, -0.2) is 44.2 Å². The molecule has 0 aromatic heterocycles. The highest BCUT2D eigenvalue weighted by Gasteiger charge is 2.15. The zero-order valence-electron chi connectivity index (χ0n) is 15.6. The minimum absolute atomic E-state index is 0.0364. The Bertz CT molecular complexity index is 391. The molecule has 0 radical (unpaired) electrons. The van der Waals surface area contributed by atoms with Gasteiger partial charge in [-0.1, -0.05) is 25.7 Å². The van der Waals surface area contributed by atoms with Gasteiger partial charge in [0.15, 0.2) is 0 Å². The molecule has 6 heteroatoms. The number of hydrogen-bond donors (Lipinski definition) is 4. The van der Waals surface area contributed by atoms with E-state index in [1.54, 1.807) is 0 Å². The second-order valence-corrected chi connectivity index (χ2v) is 7.56. The Morgan fingerprint density at radius 1 is 0.920 bits per heavy atom. The molecule has 0 spiro atoms. The third-order valence-electron chi connectivity index (χ3n) is 5.29. The lowest BCUT2D eigenvalue weighted by atomic mass is 9.96. The minimum Gasteiger partial charge on any atom is -0.356 e. The zero-order chi connectivity index (χ0) is 17.7. The van der Waals surface area contributed by atoms with Gasteiger partial charge in [0.1, 0.15) is 0 Å². The molecule has 6 nitrogen and oxygen atoms in total. The Balaban J connectivity index is 1.39. The Morgan fingerprint density at radius 2 is 1.76 bits per heavy atom. The van der Waals surface area contributed by atoms with Crippen LogP contribution in [0.1, 0.15) is 70.6 Å². The third-order valence-corrected chi connectivity index (χ3v) is 5.29. The van der Waals surface area contributed by atoms with E-state index in [9.17, 15) is 9.59 Å². The molecule has 1 atom stereocenters. The quantitative estimate of drug-likeness (QED) is 0.481. The lowest BCUT2D eigenvalue weighted by Gasteiger charge is -2.23. The molecule has 0 aromatic carbocycles. The predicted molar refractivity (Wildman–Crippen MR) is 100 cm³/mol. The van der Waals surface area contributed by atoms with Gasteiger partial charge in [-0.25, -0.2) is 4.79 Å². The van der Waals surface area contributed by atoms with Crippen LogP contribution in [0.15, 0.2) is 0 Å². The second kappa shape index (κ2) is 12.1. The Kier molecular flexibility index (Phi) is 9.70. The summed E-state index contributed by atoms with van der Waals surface area (Å²) >= 11 is 0. The van der Waals surface area contributed by atoms with Crippen molar-refractivity contribution in [1.29, 1.82) is 0 Å². The lowest BCUT2D eigenvalue weighted by Crippen LogP contribution is -2.43. The van der Waals surface area contributed by atoms with Gasteiger partial charge < -0.3 is 21.3 Å². The standard InChI is InChI=1S/C19H36N4O2/c24-18(22-15-16-8-7-12-20-14-16)11-5-2-6-13-21-19(25)23-17-9-3-1-4-10-17/h16-17,20H,1-15H2,(H,22,24)(H2,21,23,25). The SMILES string of the molecule is O=C(CCCCCNC(=O)NC1CCCCC1)NCC1CCCNC1. The smallest absolute Gasteiger partial charge is 0.315 e. The molecule has 2 aliphatic rings. The first-order valence-corrected chi connectivity index (χ1v) is 10.3. The number of urea groups is 1. The first kappa shape index (κ1) is 20.0. The van der Waals surface area contributed by atoms with Crippen molar-refractivity contribution in [3.8, 4) is 0 Å². The maximum Gasteiger partial charge on any atom is 0.315 e. The summed E-state index contributed by atoms with van der Waals surface area (Å²) in [5.41, 5.74) is 0. The average Bonchev–Trinajstić information content (AvgIpc) is 2.64. The number of amides is 3.